The van der Waals surface area contributed by atoms with E-state index in [0.29, 0.717) is 6.54 Å². The smallest absolute Gasteiger partial charge is 0.119 e. The van der Waals surface area contributed by atoms with Crippen molar-refractivity contribution in [3.8, 4) is 5.75 Å². The molecular formula is C15H19NO2S. The van der Waals surface area contributed by atoms with Crippen LogP contribution in [0.25, 0.3) is 0 Å². The fraction of sp³-hybridized carbons (Fsp3) is 0.333. The van der Waals surface area contributed by atoms with Gasteiger partial charge >= 0.3 is 0 Å². The number of ether oxygens (including phenoxy) is 1. The van der Waals surface area contributed by atoms with Crippen LogP contribution in [0.2, 0.25) is 0 Å². The first kappa shape index (κ1) is 14.1. The maximum absolute atomic E-state index is 9.18. The number of thiophene rings is 1. The summed E-state index contributed by atoms with van der Waals surface area (Å²) in [6.07, 6.45) is 0. The first-order valence-corrected chi connectivity index (χ1v) is 7.23. The van der Waals surface area contributed by atoms with Crippen LogP contribution in [0.5, 0.6) is 5.75 Å². The van der Waals surface area contributed by atoms with E-state index in [1.54, 1.807) is 18.4 Å². The molecule has 0 aliphatic heterocycles. The number of hydrogen-bond acceptors (Lipinski definition) is 4. The molecule has 0 radical (unpaired) electrons. The standard InChI is InChI=1S/C15H19NO2S/c1-18-15-4-2-3-13(9-15)10-16(6-7-17)11-14-5-8-19-12-14/h2-5,8-9,12,17H,6-7,10-11H2,1H3. The van der Waals surface area contributed by atoms with E-state index >= 15 is 0 Å². The van der Waals surface area contributed by atoms with Gasteiger partial charge in [0.2, 0.25) is 0 Å². The van der Waals surface area contributed by atoms with Gasteiger partial charge in [0.15, 0.2) is 0 Å². The molecule has 1 aromatic carbocycles. The van der Waals surface area contributed by atoms with E-state index in [9.17, 15) is 5.11 Å². The number of rotatable bonds is 7. The van der Waals surface area contributed by atoms with Crippen molar-refractivity contribution in [2.75, 3.05) is 20.3 Å². The second kappa shape index (κ2) is 7.28. The van der Waals surface area contributed by atoms with Crippen LogP contribution in [0.4, 0.5) is 0 Å². The average Bonchev–Trinajstić information content (AvgIpc) is 2.92. The van der Waals surface area contributed by atoms with Crippen molar-refractivity contribution in [3.63, 3.8) is 0 Å². The van der Waals surface area contributed by atoms with Crippen LogP contribution in [0.3, 0.4) is 0 Å². The van der Waals surface area contributed by atoms with E-state index in [0.717, 1.165) is 18.8 Å². The Kier molecular flexibility index (Phi) is 5.39. The summed E-state index contributed by atoms with van der Waals surface area (Å²) in [5.74, 6) is 0.872. The molecular weight excluding hydrogens is 258 g/mol. The number of aliphatic hydroxyl groups excluding tert-OH is 1. The van der Waals surface area contributed by atoms with Gasteiger partial charge in [-0.3, -0.25) is 4.90 Å². The molecule has 102 valence electrons. The van der Waals surface area contributed by atoms with Crippen LogP contribution in [0.1, 0.15) is 11.1 Å². The number of nitrogens with zero attached hydrogens (tertiary/aromatic N) is 1. The van der Waals surface area contributed by atoms with E-state index in [-0.39, 0.29) is 6.61 Å². The Hall–Kier alpha value is -1.36. The molecule has 19 heavy (non-hydrogen) atoms. The minimum absolute atomic E-state index is 0.175. The van der Waals surface area contributed by atoms with Crippen LogP contribution in [-0.2, 0) is 13.1 Å². The highest BCUT2D eigenvalue weighted by Gasteiger charge is 2.07. The van der Waals surface area contributed by atoms with Crippen molar-refractivity contribution in [1.29, 1.82) is 0 Å². The lowest BCUT2D eigenvalue weighted by Crippen LogP contribution is -2.25. The summed E-state index contributed by atoms with van der Waals surface area (Å²) >= 11 is 1.70. The molecule has 0 aliphatic carbocycles. The zero-order chi connectivity index (χ0) is 13.5. The molecule has 0 amide bonds. The molecule has 0 fully saturated rings. The van der Waals surface area contributed by atoms with Crippen molar-refractivity contribution in [1.82, 2.24) is 4.90 Å². The van der Waals surface area contributed by atoms with Crippen LogP contribution in [0.15, 0.2) is 41.1 Å². The molecule has 2 rings (SSSR count). The van der Waals surface area contributed by atoms with E-state index in [1.807, 2.05) is 18.2 Å². The van der Waals surface area contributed by atoms with Gasteiger partial charge in [0.05, 0.1) is 13.7 Å². The Morgan fingerprint density at radius 1 is 1.21 bits per heavy atom. The Morgan fingerprint density at radius 2 is 2.05 bits per heavy atom. The average molecular weight is 277 g/mol. The molecule has 0 saturated heterocycles. The number of aliphatic hydroxyl groups is 1. The van der Waals surface area contributed by atoms with E-state index < -0.39 is 0 Å². The quantitative estimate of drug-likeness (QED) is 0.844. The Bertz CT molecular complexity index is 485. The van der Waals surface area contributed by atoms with Crippen molar-refractivity contribution in [3.05, 3.63) is 52.2 Å². The normalized spacial score (nSPS) is 10.9. The van der Waals surface area contributed by atoms with E-state index in [4.69, 9.17) is 4.74 Å². The topological polar surface area (TPSA) is 32.7 Å². The number of hydrogen-bond donors (Lipinski definition) is 1. The van der Waals surface area contributed by atoms with E-state index in [2.05, 4.69) is 27.8 Å². The summed E-state index contributed by atoms with van der Waals surface area (Å²) in [6.45, 7) is 2.52. The summed E-state index contributed by atoms with van der Waals surface area (Å²) < 4.78 is 5.24. The van der Waals surface area contributed by atoms with E-state index in [1.165, 1.54) is 11.1 Å². The Balaban J connectivity index is 2.02. The highest BCUT2D eigenvalue weighted by atomic mass is 32.1. The van der Waals surface area contributed by atoms with Crippen molar-refractivity contribution < 1.29 is 9.84 Å². The maximum atomic E-state index is 9.18. The Morgan fingerprint density at radius 3 is 2.74 bits per heavy atom. The highest BCUT2D eigenvalue weighted by molar-refractivity contribution is 7.07. The van der Waals surface area contributed by atoms with Gasteiger partial charge in [-0.15, -0.1) is 0 Å². The van der Waals surface area contributed by atoms with Gasteiger partial charge in [-0.2, -0.15) is 11.3 Å². The third-order valence-corrected chi connectivity index (χ3v) is 3.67. The third-order valence-electron chi connectivity index (χ3n) is 2.94. The van der Waals surface area contributed by atoms with Gasteiger partial charge in [-0.05, 0) is 40.1 Å². The monoisotopic (exact) mass is 277 g/mol. The summed E-state index contributed by atoms with van der Waals surface area (Å²) in [6, 6.07) is 10.2. The summed E-state index contributed by atoms with van der Waals surface area (Å²) in [4.78, 5) is 2.23. The zero-order valence-corrected chi connectivity index (χ0v) is 11.9. The second-order valence-electron chi connectivity index (χ2n) is 4.42. The van der Waals surface area contributed by atoms with Crippen LogP contribution in [-0.4, -0.2) is 30.3 Å². The third kappa shape index (κ3) is 4.35. The van der Waals surface area contributed by atoms with Gasteiger partial charge in [-0.25, -0.2) is 0 Å². The molecule has 0 spiro atoms. The minimum atomic E-state index is 0.175. The number of benzene rings is 1. The van der Waals surface area contributed by atoms with Crippen molar-refractivity contribution >= 4 is 11.3 Å². The summed E-state index contributed by atoms with van der Waals surface area (Å²) in [7, 11) is 1.68. The summed E-state index contributed by atoms with van der Waals surface area (Å²) in [5.41, 5.74) is 2.49. The predicted molar refractivity (Wildman–Crippen MR) is 78.5 cm³/mol. The van der Waals surface area contributed by atoms with Gasteiger partial charge in [0.25, 0.3) is 0 Å². The number of methoxy groups -OCH3 is 1. The largest absolute Gasteiger partial charge is 0.497 e. The zero-order valence-electron chi connectivity index (χ0n) is 11.1. The molecule has 2 aromatic rings. The first-order valence-electron chi connectivity index (χ1n) is 6.29. The highest BCUT2D eigenvalue weighted by Crippen LogP contribution is 2.16. The predicted octanol–water partition coefficient (Wildman–Crippen LogP) is 2.75. The SMILES string of the molecule is COc1cccc(CN(CCO)Cc2ccsc2)c1. The van der Waals surface area contributed by atoms with Gasteiger partial charge < -0.3 is 9.84 Å². The lowest BCUT2D eigenvalue weighted by molar-refractivity contribution is 0.184. The molecule has 0 bridgehead atoms. The summed E-state index contributed by atoms with van der Waals surface area (Å²) in [5, 5.41) is 13.4. The molecule has 4 heteroatoms. The maximum Gasteiger partial charge on any atom is 0.119 e. The van der Waals surface area contributed by atoms with Gasteiger partial charge in [0.1, 0.15) is 5.75 Å². The molecule has 0 unspecified atom stereocenters. The minimum Gasteiger partial charge on any atom is -0.497 e. The van der Waals surface area contributed by atoms with Gasteiger partial charge in [0, 0.05) is 19.6 Å². The molecule has 3 nitrogen and oxygen atoms in total. The molecule has 0 aliphatic rings. The molecule has 1 aromatic heterocycles. The lowest BCUT2D eigenvalue weighted by Gasteiger charge is -2.21. The van der Waals surface area contributed by atoms with Crippen LogP contribution < -0.4 is 4.74 Å². The van der Waals surface area contributed by atoms with Crippen molar-refractivity contribution in [2.24, 2.45) is 0 Å². The lowest BCUT2D eigenvalue weighted by atomic mass is 10.2. The van der Waals surface area contributed by atoms with Gasteiger partial charge in [-0.1, -0.05) is 12.1 Å². The van der Waals surface area contributed by atoms with Crippen molar-refractivity contribution in [2.45, 2.75) is 13.1 Å². The fourth-order valence-electron chi connectivity index (χ4n) is 2.03. The fourth-order valence-corrected chi connectivity index (χ4v) is 2.69. The molecule has 0 atom stereocenters. The molecule has 1 heterocycles. The first-order chi connectivity index (χ1) is 9.31. The second-order valence-corrected chi connectivity index (χ2v) is 5.20. The van der Waals surface area contributed by atoms with Crippen LogP contribution in [0, 0.1) is 0 Å². The Labute approximate surface area is 118 Å². The molecule has 0 saturated carbocycles. The molecule has 1 N–H and O–H groups in total. The van der Waals surface area contributed by atoms with Crippen LogP contribution >= 0.6 is 11.3 Å².